The SMILES string of the molecule is CN1C(=O)C(=O)c2ccc(-c3ccc(C[C@@H](C#N)NC(=O)[C@H]4N[C@H]5CC[C@H]4C5)s3)cc21. The van der Waals surface area contributed by atoms with E-state index in [9.17, 15) is 19.6 Å². The number of hydrogen-bond acceptors (Lipinski definition) is 6. The first-order valence-electron chi connectivity index (χ1n) is 10.5. The lowest BCUT2D eigenvalue weighted by atomic mass is 9.99. The zero-order valence-electron chi connectivity index (χ0n) is 17.1. The van der Waals surface area contributed by atoms with Gasteiger partial charge in [0.2, 0.25) is 5.91 Å². The number of amides is 2. The maximum Gasteiger partial charge on any atom is 0.299 e. The number of Topliss-reactive ketones (excluding diaryl/α,β-unsaturated/α-hetero) is 1. The smallest absolute Gasteiger partial charge is 0.299 e. The van der Waals surface area contributed by atoms with Crippen LogP contribution in [0, 0.1) is 17.2 Å². The number of fused-ring (bicyclic) bond motifs is 3. The highest BCUT2D eigenvalue weighted by Gasteiger charge is 2.43. The summed E-state index contributed by atoms with van der Waals surface area (Å²) in [6.45, 7) is 0. The quantitative estimate of drug-likeness (QED) is 0.703. The second-order valence-corrected chi connectivity index (χ2v) is 9.67. The summed E-state index contributed by atoms with van der Waals surface area (Å²) < 4.78 is 0. The Bertz CT molecular complexity index is 1130. The number of thiophene rings is 1. The number of rotatable bonds is 5. The van der Waals surface area contributed by atoms with Crippen LogP contribution in [0.3, 0.4) is 0 Å². The second kappa shape index (κ2) is 7.59. The highest BCUT2D eigenvalue weighted by Crippen LogP contribution is 2.36. The topological polar surface area (TPSA) is 102 Å². The largest absolute Gasteiger partial charge is 0.339 e. The summed E-state index contributed by atoms with van der Waals surface area (Å²) in [5.41, 5.74) is 1.95. The van der Waals surface area contributed by atoms with Crippen molar-refractivity contribution >= 4 is 34.6 Å². The molecule has 0 unspecified atom stereocenters. The van der Waals surface area contributed by atoms with Crippen molar-refractivity contribution in [2.24, 2.45) is 5.92 Å². The lowest BCUT2D eigenvalue weighted by molar-refractivity contribution is -0.124. The zero-order valence-corrected chi connectivity index (χ0v) is 17.9. The maximum absolute atomic E-state index is 12.6. The highest BCUT2D eigenvalue weighted by molar-refractivity contribution is 7.15. The van der Waals surface area contributed by atoms with Crippen molar-refractivity contribution in [1.82, 2.24) is 10.6 Å². The molecular weight excluding hydrogens is 412 g/mol. The van der Waals surface area contributed by atoms with E-state index in [4.69, 9.17) is 0 Å². The molecule has 8 heteroatoms. The monoisotopic (exact) mass is 434 g/mol. The van der Waals surface area contributed by atoms with Gasteiger partial charge < -0.3 is 15.5 Å². The van der Waals surface area contributed by atoms with Crippen LogP contribution in [0.1, 0.15) is 34.5 Å². The third-order valence-corrected chi connectivity index (χ3v) is 7.73. The number of likely N-dealkylation sites (N-methyl/N-ethyl adjacent to an activating group) is 1. The molecule has 158 valence electrons. The van der Waals surface area contributed by atoms with Gasteiger partial charge >= 0.3 is 0 Å². The number of benzene rings is 1. The molecule has 2 aliphatic heterocycles. The average molecular weight is 435 g/mol. The maximum atomic E-state index is 12.6. The predicted octanol–water partition coefficient (Wildman–Crippen LogP) is 2.27. The first kappa shape index (κ1) is 19.9. The first-order chi connectivity index (χ1) is 14.9. The Morgan fingerprint density at radius 1 is 1.32 bits per heavy atom. The molecule has 7 nitrogen and oxygen atoms in total. The molecule has 4 atom stereocenters. The van der Waals surface area contributed by atoms with E-state index in [0.717, 1.165) is 34.6 Å². The number of nitrogens with one attached hydrogen (secondary N) is 2. The Morgan fingerprint density at radius 3 is 2.87 bits per heavy atom. The van der Waals surface area contributed by atoms with E-state index >= 15 is 0 Å². The minimum absolute atomic E-state index is 0.0773. The fourth-order valence-corrected chi connectivity index (χ4v) is 5.97. The molecule has 2 bridgehead atoms. The Balaban J connectivity index is 1.27. The molecule has 1 saturated heterocycles. The van der Waals surface area contributed by atoms with Crippen LogP contribution in [-0.2, 0) is 16.0 Å². The molecule has 1 saturated carbocycles. The Hall–Kier alpha value is -3.02. The number of carbonyl (C=O) groups excluding carboxylic acids is 3. The average Bonchev–Trinajstić information content (AvgIpc) is 3.56. The van der Waals surface area contributed by atoms with Gasteiger partial charge in [-0.3, -0.25) is 14.4 Å². The van der Waals surface area contributed by atoms with Crippen molar-refractivity contribution in [3.63, 3.8) is 0 Å². The summed E-state index contributed by atoms with van der Waals surface area (Å²) in [4.78, 5) is 39.9. The highest BCUT2D eigenvalue weighted by atomic mass is 32.1. The molecule has 1 aromatic carbocycles. The summed E-state index contributed by atoms with van der Waals surface area (Å²) in [6, 6.07) is 11.2. The van der Waals surface area contributed by atoms with E-state index < -0.39 is 17.7 Å². The molecule has 1 aromatic heterocycles. The lowest BCUT2D eigenvalue weighted by Crippen LogP contribution is -2.50. The number of hydrogen-bond donors (Lipinski definition) is 2. The van der Waals surface area contributed by atoms with E-state index in [1.807, 2.05) is 24.3 Å². The molecule has 0 spiro atoms. The molecule has 2 N–H and O–H groups in total. The van der Waals surface area contributed by atoms with Gasteiger partial charge in [-0.15, -0.1) is 11.3 Å². The summed E-state index contributed by atoms with van der Waals surface area (Å²) in [5, 5.41) is 15.8. The molecule has 3 heterocycles. The number of anilines is 1. The summed E-state index contributed by atoms with van der Waals surface area (Å²) in [6.07, 6.45) is 3.70. The minimum Gasteiger partial charge on any atom is -0.339 e. The number of nitriles is 1. The standard InChI is InChI=1S/C23H22N4O3S/c1-27-18-9-12(3-6-17(18)21(28)23(27)30)19-7-5-16(31-19)10-15(11-24)26-22(29)20-13-2-4-14(8-13)25-20/h3,5-7,9,13-15,20,25H,2,4,8,10H2,1H3,(H,26,29)/t13-,14-,15-,20-/m0/s1. The molecule has 5 rings (SSSR count). The molecule has 31 heavy (non-hydrogen) atoms. The van der Waals surface area contributed by atoms with Crippen molar-refractivity contribution in [3.05, 3.63) is 40.8 Å². The van der Waals surface area contributed by atoms with Gasteiger partial charge in [-0.25, -0.2) is 0 Å². The fraction of sp³-hybridized carbons (Fsp3) is 0.391. The summed E-state index contributed by atoms with van der Waals surface area (Å²) in [5.74, 6) is -0.689. The van der Waals surface area contributed by atoms with Crippen molar-refractivity contribution in [2.45, 2.75) is 43.8 Å². The van der Waals surface area contributed by atoms with Crippen molar-refractivity contribution < 1.29 is 14.4 Å². The van der Waals surface area contributed by atoms with Crippen LogP contribution in [-0.4, -0.2) is 42.8 Å². The third kappa shape index (κ3) is 3.44. The van der Waals surface area contributed by atoms with Gasteiger partial charge in [0, 0.05) is 29.3 Å². The normalized spacial score (nSPS) is 24.9. The van der Waals surface area contributed by atoms with E-state index in [1.165, 1.54) is 4.90 Å². The van der Waals surface area contributed by atoms with Crippen LogP contribution in [0.25, 0.3) is 10.4 Å². The van der Waals surface area contributed by atoms with Crippen molar-refractivity contribution in [1.29, 1.82) is 5.26 Å². The number of piperidine rings is 1. The Morgan fingerprint density at radius 2 is 2.16 bits per heavy atom. The van der Waals surface area contributed by atoms with Gasteiger partial charge in [-0.2, -0.15) is 5.26 Å². The number of ketones is 1. The Kier molecular flexibility index (Phi) is 4.88. The predicted molar refractivity (Wildman–Crippen MR) is 117 cm³/mol. The van der Waals surface area contributed by atoms with Gasteiger partial charge in [-0.05, 0) is 55.0 Å². The molecule has 2 amide bonds. The van der Waals surface area contributed by atoms with Crippen molar-refractivity contribution in [3.8, 4) is 16.5 Å². The van der Waals surface area contributed by atoms with Gasteiger partial charge in [-0.1, -0.05) is 6.07 Å². The number of carbonyl (C=O) groups is 3. The van der Waals surface area contributed by atoms with Crippen LogP contribution in [0.15, 0.2) is 30.3 Å². The van der Waals surface area contributed by atoms with Gasteiger partial charge in [0.05, 0.1) is 23.4 Å². The molecule has 2 fully saturated rings. The summed E-state index contributed by atoms with van der Waals surface area (Å²) >= 11 is 1.54. The van der Waals surface area contributed by atoms with Crippen LogP contribution >= 0.6 is 11.3 Å². The lowest BCUT2D eigenvalue weighted by Gasteiger charge is -2.23. The Labute approximate surface area is 184 Å². The van der Waals surface area contributed by atoms with E-state index in [0.29, 0.717) is 29.6 Å². The minimum atomic E-state index is -0.582. The summed E-state index contributed by atoms with van der Waals surface area (Å²) in [7, 11) is 1.60. The van der Waals surface area contributed by atoms with Gasteiger partial charge in [0.15, 0.2) is 0 Å². The van der Waals surface area contributed by atoms with E-state index in [2.05, 4.69) is 16.7 Å². The van der Waals surface area contributed by atoms with Crippen molar-refractivity contribution in [2.75, 3.05) is 11.9 Å². The fourth-order valence-electron chi connectivity index (χ4n) is 4.92. The van der Waals surface area contributed by atoms with Crippen LogP contribution < -0.4 is 15.5 Å². The number of nitrogens with zero attached hydrogens (tertiary/aromatic N) is 2. The van der Waals surface area contributed by atoms with E-state index in [1.54, 1.807) is 24.5 Å². The molecular formula is C23H22N4O3S. The molecule has 1 aliphatic carbocycles. The first-order valence-corrected chi connectivity index (χ1v) is 11.3. The molecule has 0 radical (unpaired) electrons. The zero-order chi connectivity index (χ0) is 21.7. The second-order valence-electron chi connectivity index (χ2n) is 8.50. The van der Waals surface area contributed by atoms with E-state index in [-0.39, 0.29) is 11.9 Å². The van der Waals surface area contributed by atoms with Gasteiger partial charge in [0.1, 0.15) is 6.04 Å². The van der Waals surface area contributed by atoms with Crippen LogP contribution in [0.2, 0.25) is 0 Å². The molecule has 3 aliphatic rings. The third-order valence-electron chi connectivity index (χ3n) is 6.57. The van der Waals surface area contributed by atoms with Crippen LogP contribution in [0.4, 0.5) is 5.69 Å². The van der Waals surface area contributed by atoms with Gasteiger partial charge in [0.25, 0.3) is 11.7 Å². The van der Waals surface area contributed by atoms with Crippen LogP contribution in [0.5, 0.6) is 0 Å². The molecule has 2 aromatic rings.